The molecule has 6 nitrogen and oxygen atoms in total. The van der Waals surface area contributed by atoms with Gasteiger partial charge < -0.3 is 4.90 Å². The first-order valence-electron chi connectivity index (χ1n) is 6.29. The van der Waals surface area contributed by atoms with Gasteiger partial charge in [0.1, 0.15) is 16.7 Å². The third kappa shape index (κ3) is 2.07. The lowest BCUT2D eigenvalue weighted by Crippen LogP contribution is -2.44. The number of nitrogens with zero attached hydrogens (tertiary/aromatic N) is 3. The third-order valence-electron chi connectivity index (χ3n) is 3.65. The summed E-state index contributed by atoms with van der Waals surface area (Å²) < 4.78 is 27.0. The summed E-state index contributed by atoms with van der Waals surface area (Å²) in [6, 6.07) is 5.02. The van der Waals surface area contributed by atoms with Crippen LogP contribution in [0.5, 0.6) is 0 Å². The molecule has 100 valence electrons. The Bertz CT molecular complexity index is 650. The molecule has 2 aliphatic heterocycles. The highest BCUT2D eigenvalue weighted by Crippen LogP contribution is 2.31. The van der Waals surface area contributed by atoms with Crippen LogP contribution < -0.4 is 9.62 Å². The van der Waals surface area contributed by atoms with Gasteiger partial charge in [0.15, 0.2) is 5.82 Å². The molecule has 0 spiro atoms. The molecule has 1 fully saturated rings. The number of fused-ring (bicyclic) bond motifs is 3. The maximum atomic E-state index is 12.2. The maximum Gasteiger partial charge on any atom is 0.244 e. The Hall–Kier alpha value is -1.65. The van der Waals surface area contributed by atoms with E-state index in [1.807, 2.05) is 11.0 Å². The average Bonchev–Trinajstić information content (AvgIpc) is 2.55. The molecule has 1 aromatic heterocycles. The van der Waals surface area contributed by atoms with Gasteiger partial charge >= 0.3 is 0 Å². The molecule has 3 rings (SSSR count). The summed E-state index contributed by atoms with van der Waals surface area (Å²) in [6.45, 7) is 1.19. The molecule has 2 aliphatic rings. The van der Waals surface area contributed by atoms with E-state index >= 15 is 0 Å². The minimum atomic E-state index is -3.53. The van der Waals surface area contributed by atoms with Gasteiger partial charge in [-0.05, 0) is 31.4 Å². The van der Waals surface area contributed by atoms with Crippen molar-refractivity contribution in [2.24, 2.45) is 0 Å². The zero-order chi connectivity index (χ0) is 13.5. The van der Waals surface area contributed by atoms with Crippen molar-refractivity contribution >= 4 is 15.8 Å². The van der Waals surface area contributed by atoms with Gasteiger partial charge in [0.25, 0.3) is 0 Å². The fourth-order valence-corrected chi connectivity index (χ4v) is 3.91. The Balaban J connectivity index is 2.19. The number of piperidine rings is 1. The largest absolute Gasteiger partial charge is 0.351 e. The molecule has 0 bridgehead atoms. The SMILES string of the molecule is N#Cc1ccc2c(n1)N1CCCCC1CNS2(=O)=O. The summed E-state index contributed by atoms with van der Waals surface area (Å²) >= 11 is 0. The standard InChI is InChI=1S/C12H14N4O2S/c13-7-9-4-5-11-12(15-9)16-6-2-1-3-10(16)8-14-19(11,17)18/h4-5,10,14H,1-3,6,8H2. The van der Waals surface area contributed by atoms with Crippen LogP contribution in [0, 0.1) is 11.3 Å². The Kier molecular flexibility index (Phi) is 2.92. The third-order valence-corrected chi connectivity index (χ3v) is 5.10. The molecule has 1 N–H and O–H groups in total. The van der Waals surface area contributed by atoms with Crippen molar-refractivity contribution in [3.8, 4) is 6.07 Å². The number of rotatable bonds is 0. The van der Waals surface area contributed by atoms with Gasteiger partial charge in [0, 0.05) is 19.1 Å². The summed E-state index contributed by atoms with van der Waals surface area (Å²) in [5.74, 6) is 0.425. The Morgan fingerprint density at radius 1 is 1.42 bits per heavy atom. The fourth-order valence-electron chi connectivity index (χ4n) is 2.69. The van der Waals surface area contributed by atoms with Crippen molar-refractivity contribution in [1.29, 1.82) is 5.26 Å². The highest BCUT2D eigenvalue weighted by atomic mass is 32.2. The van der Waals surface area contributed by atoms with E-state index in [-0.39, 0.29) is 16.6 Å². The molecule has 7 heteroatoms. The van der Waals surface area contributed by atoms with Crippen LogP contribution in [0.15, 0.2) is 17.0 Å². The summed E-state index contributed by atoms with van der Waals surface area (Å²) in [7, 11) is -3.53. The molecule has 3 heterocycles. The Morgan fingerprint density at radius 2 is 2.26 bits per heavy atom. The summed E-state index contributed by atoms with van der Waals surface area (Å²) in [6.07, 6.45) is 3.06. The fraction of sp³-hybridized carbons (Fsp3) is 0.500. The van der Waals surface area contributed by atoms with Gasteiger partial charge in [-0.1, -0.05) is 0 Å². The molecule has 1 saturated heterocycles. The lowest BCUT2D eigenvalue weighted by atomic mass is 10.0. The number of nitriles is 1. The lowest BCUT2D eigenvalue weighted by Gasteiger charge is -2.35. The van der Waals surface area contributed by atoms with Crippen LogP contribution in [0.1, 0.15) is 25.0 Å². The highest BCUT2D eigenvalue weighted by Gasteiger charge is 2.34. The number of sulfonamides is 1. The molecule has 1 unspecified atom stereocenters. The number of hydrogen-bond donors (Lipinski definition) is 1. The van der Waals surface area contributed by atoms with Crippen LogP contribution in [0.4, 0.5) is 5.82 Å². The van der Waals surface area contributed by atoms with Crippen molar-refractivity contribution < 1.29 is 8.42 Å². The van der Waals surface area contributed by atoms with Crippen molar-refractivity contribution in [2.75, 3.05) is 18.0 Å². The van der Waals surface area contributed by atoms with Gasteiger partial charge in [-0.3, -0.25) is 0 Å². The van der Waals surface area contributed by atoms with Crippen molar-refractivity contribution in [1.82, 2.24) is 9.71 Å². The topological polar surface area (TPSA) is 86.1 Å². The second kappa shape index (κ2) is 4.47. The molecular weight excluding hydrogens is 264 g/mol. The molecule has 0 aromatic carbocycles. The summed E-state index contributed by atoms with van der Waals surface area (Å²) in [5.41, 5.74) is 0.250. The lowest BCUT2D eigenvalue weighted by molar-refractivity contribution is 0.454. The van der Waals surface area contributed by atoms with Gasteiger partial charge in [0.05, 0.1) is 0 Å². The Morgan fingerprint density at radius 3 is 3.05 bits per heavy atom. The van der Waals surface area contributed by atoms with Gasteiger partial charge in [-0.15, -0.1) is 0 Å². The smallest absolute Gasteiger partial charge is 0.244 e. The Labute approximate surface area is 112 Å². The minimum absolute atomic E-state index is 0.131. The van der Waals surface area contributed by atoms with Gasteiger partial charge in [-0.25, -0.2) is 18.1 Å². The van der Waals surface area contributed by atoms with Crippen LogP contribution in [0.2, 0.25) is 0 Å². The zero-order valence-corrected chi connectivity index (χ0v) is 11.2. The molecule has 0 saturated carbocycles. The normalized spacial score (nSPS) is 24.8. The second-order valence-electron chi connectivity index (χ2n) is 4.82. The number of hydrogen-bond acceptors (Lipinski definition) is 5. The van der Waals surface area contributed by atoms with Crippen molar-refractivity contribution in [2.45, 2.75) is 30.2 Å². The van der Waals surface area contributed by atoms with E-state index in [4.69, 9.17) is 5.26 Å². The number of aromatic nitrogens is 1. The first-order chi connectivity index (χ1) is 9.12. The van der Waals surface area contributed by atoms with Crippen LogP contribution in [0.3, 0.4) is 0 Å². The average molecular weight is 278 g/mol. The monoisotopic (exact) mass is 278 g/mol. The van der Waals surface area contributed by atoms with E-state index in [9.17, 15) is 8.42 Å². The van der Waals surface area contributed by atoms with Crippen LogP contribution in [0.25, 0.3) is 0 Å². The second-order valence-corrected chi connectivity index (χ2v) is 6.56. The van der Waals surface area contributed by atoms with Crippen molar-refractivity contribution in [3.63, 3.8) is 0 Å². The maximum absolute atomic E-state index is 12.2. The number of anilines is 1. The molecule has 0 aliphatic carbocycles. The zero-order valence-electron chi connectivity index (χ0n) is 10.3. The van der Waals surface area contributed by atoms with Crippen LogP contribution in [-0.4, -0.2) is 32.5 Å². The van der Waals surface area contributed by atoms with Crippen LogP contribution >= 0.6 is 0 Å². The van der Waals surface area contributed by atoms with Crippen LogP contribution in [-0.2, 0) is 10.0 Å². The number of pyridine rings is 1. The first-order valence-corrected chi connectivity index (χ1v) is 7.77. The first kappa shape index (κ1) is 12.4. The molecule has 1 aromatic rings. The van der Waals surface area contributed by atoms with E-state index in [0.717, 1.165) is 25.8 Å². The molecular formula is C12H14N4O2S. The van der Waals surface area contributed by atoms with E-state index in [1.165, 1.54) is 12.1 Å². The van der Waals surface area contributed by atoms with E-state index in [2.05, 4.69) is 9.71 Å². The summed E-state index contributed by atoms with van der Waals surface area (Å²) in [4.78, 5) is 6.42. The van der Waals surface area contributed by atoms with E-state index in [1.54, 1.807) is 0 Å². The van der Waals surface area contributed by atoms with E-state index < -0.39 is 10.0 Å². The molecule has 0 amide bonds. The molecule has 0 radical (unpaired) electrons. The predicted octanol–water partition coefficient (Wildman–Crippen LogP) is 0.604. The minimum Gasteiger partial charge on any atom is -0.351 e. The molecule has 19 heavy (non-hydrogen) atoms. The van der Waals surface area contributed by atoms with Gasteiger partial charge in [-0.2, -0.15) is 5.26 Å². The quantitative estimate of drug-likeness (QED) is 0.751. The number of nitrogens with one attached hydrogen (secondary N) is 1. The van der Waals surface area contributed by atoms with Crippen molar-refractivity contribution in [3.05, 3.63) is 17.8 Å². The van der Waals surface area contributed by atoms with E-state index in [0.29, 0.717) is 12.4 Å². The summed E-state index contributed by atoms with van der Waals surface area (Å²) in [5, 5.41) is 8.94. The highest BCUT2D eigenvalue weighted by molar-refractivity contribution is 7.89. The van der Waals surface area contributed by atoms with Gasteiger partial charge in [0.2, 0.25) is 10.0 Å². The molecule has 1 atom stereocenters. The predicted molar refractivity (Wildman–Crippen MR) is 69.1 cm³/mol.